The average Bonchev–Trinajstić information content (AvgIpc) is 3.33. The molecule has 0 radical (unpaired) electrons. The molecule has 65 heavy (non-hydrogen) atoms. The minimum Gasteiger partial charge on any atom is -0.481 e. The number of carboxylic acid groups (broad SMARTS) is 2. The van der Waals surface area contributed by atoms with Crippen molar-refractivity contribution in [2.75, 3.05) is 6.61 Å². The van der Waals surface area contributed by atoms with Crippen LogP contribution in [0.4, 0.5) is 0 Å². The molecule has 0 aromatic carbocycles. The Labute approximate surface area is 393 Å². The van der Waals surface area contributed by atoms with Crippen molar-refractivity contribution in [3.63, 3.8) is 0 Å². The van der Waals surface area contributed by atoms with E-state index in [0.29, 0.717) is 60.6 Å². The zero-order valence-electron chi connectivity index (χ0n) is 40.9. The third kappa shape index (κ3) is 13.3. The maximum absolute atomic E-state index is 13.6. The first-order valence-corrected chi connectivity index (χ1v) is 27.9. The molecule has 8 fully saturated rings. The molecule has 6 unspecified atom stereocenters. The fourth-order valence-electron chi connectivity index (χ4n) is 15.7. The maximum atomic E-state index is 13.6. The van der Waals surface area contributed by atoms with Crippen molar-refractivity contribution in [1.82, 2.24) is 10.8 Å². The Kier molecular flexibility index (Phi) is 18.1. The Morgan fingerprint density at radius 1 is 0.462 bits per heavy atom. The zero-order chi connectivity index (χ0) is 45.3. The molecule has 0 aliphatic heterocycles. The molecule has 8 rings (SSSR count). The van der Waals surface area contributed by atoms with E-state index in [2.05, 4.69) is 24.6 Å². The molecule has 8 aliphatic rings. The lowest BCUT2D eigenvalue weighted by Gasteiger charge is -2.47. The zero-order valence-corrected chi connectivity index (χ0v) is 40.9. The van der Waals surface area contributed by atoms with Gasteiger partial charge in [0.15, 0.2) is 0 Å². The van der Waals surface area contributed by atoms with E-state index in [9.17, 15) is 24.6 Å². The standard InChI is InChI=1S/C55H92N2O8/c1-55(2,41-15-23-45(24-16-41)64-47-27-19-43(20-28-47)56-52(58)51-34-39(14-32-50(51)54(61)62)37-11-7-4-8-12-37)42-17-25-46(26-18-42)65-48-29-21-44(22-30-48)57-63-35-40-33-38(13-31-49(40)53(59)60)36-9-5-3-6-10-36/h36-51,57H,3-35H2,1-2H3,(H,56,58)(H,59,60)(H,61,62). The van der Waals surface area contributed by atoms with Crippen LogP contribution in [0.5, 0.6) is 0 Å². The van der Waals surface area contributed by atoms with Crippen molar-refractivity contribution in [2.45, 2.75) is 256 Å². The lowest BCUT2D eigenvalue weighted by Crippen LogP contribution is -2.47. The van der Waals surface area contributed by atoms with Crippen LogP contribution in [0.2, 0.25) is 0 Å². The summed E-state index contributed by atoms with van der Waals surface area (Å²) in [6.45, 7) is 5.60. The second-order valence-corrected chi connectivity index (χ2v) is 24.1. The van der Waals surface area contributed by atoms with Crippen LogP contribution in [-0.2, 0) is 28.7 Å². The number of rotatable bonds is 16. The van der Waals surface area contributed by atoms with E-state index in [-0.39, 0.29) is 35.8 Å². The van der Waals surface area contributed by atoms with Gasteiger partial charge >= 0.3 is 11.9 Å². The van der Waals surface area contributed by atoms with Crippen LogP contribution in [0.3, 0.4) is 0 Å². The number of carboxylic acids is 2. The smallest absolute Gasteiger partial charge is 0.307 e. The minimum atomic E-state index is -0.794. The highest BCUT2D eigenvalue weighted by Gasteiger charge is 2.44. The van der Waals surface area contributed by atoms with Gasteiger partial charge in [0.05, 0.1) is 48.8 Å². The molecular weight excluding hydrogens is 817 g/mol. The number of carbonyl (C=O) groups is 3. The van der Waals surface area contributed by atoms with Gasteiger partial charge in [0.25, 0.3) is 0 Å². The van der Waals surface area contributed by atoms with Gasteiger partial charge in [-0.3, -0.25) is 14.4 Å². The SMILES string of the molecule is CC(C)(C1CCC(OC2CCC(NOCC3CC(C4CCCCC4)CCC3C(=O)O)CC2)CC1)C1CCC(OC2CCC(NC(=O)C3CC(C4CCCCC4)CCC3C(=O)O)CC2)CC1. The molecule has 4 N–H and O–H groups in total. The van der Waals surface area contributed by atoms with Crippen molar-refractivity contribution >= 4 is 17.8 Å². The molecule has 8 saturated carbocycles. The highest BCUT2D eigenvalue weighted by atomic mass is 16.6. The fourth-order valence-corrected chi connectivity index (χ4v) is 15.7. The topological polar surface area (TPSA) is 143 Å². The first-order valence-electron chi connectivity index (χ1n) is 27.9. The molecule has 10 nitrogen and oxygen atoms in total. The maximum Gasteiger partial charge on any atom is 0.307 e. The summed E-state index contributed by atoms with van der Waals surface area (Å²) in [5.74, 6) is 1.58. The van der Waals surface area contributed by atoms with Crippen LogP contribution in [0.1, 0.15) is 219 Å². The molecule has 6 atom stereocenters. The Morgan fingerprint density at radius 3 is 1.37 bits per heavy atom. The van der Waals surface area contributed by atoms with E-state index in [1.54, 1.807) is 0 Å². The molecule has 0 aromatic heterocycles. The van der Waals surface area contributed by atoms with Gasteiger partial charge in [0, 0.05) is 12.1 Å². The third-order valence-corrected chi connectivity index (χ3v) is 20.0. The van der Waals surface area contributed by atoms with Crippen LogP contribution in [-0.4, -0.2) is 71.2 Å². The number of carbonyl (C=O) groups excluding carboxylic acids is 1. The van der Waals surface area contributed by atoms with Gasteiger partial charge in [-0.25, -0.2) is 0 Å². The van der Waals surface area contributed by atoms with E-state index in [0.717, 1.165) is 114 Å². The monoisotopic (exact) mass is 909 g/mol. The average molecular weight is 909 g/mol. The summed E-state index contributed by atoms with van der Waals surface area (Å²) in [6, 6.07) is 0.456. The normalized spacial score (nSPS) is 39.6. The van der Waals surface area contributed by atoms with Crippen molar-refractivity contribution in [3.8, 4) is 0 Å². The van der Waals surface area contributed by atoms with Crippen LogP contribution < -0.4 is 10.8 Å². The van der Waals surface area contributed by atoms with Crippen LogP contribution in [0.15, 0.2) is 0 Å². The number of ether oxygens (including phenoxy) is 2. The lowest BCUT2D eigenvalue weighted by molar-refractivity contribution is -0.150. The Morgan fingerprint density at radius 2 is 0.892 bits per heavy atom. The molecule has 10 heteroatoms. The highest BCUT2D eigenvalue weighted by Crippen LogP contribution is 2.50. The molecule has 0 bridgehead atoms. The summed E-state index contributed by atoms with van der Waals surface area (Å²) in [4.78, 5) is 44.1. The van der Waals surface area contributed by atoms with Gasteiger partial charge in [-0.05, 0) is 188 Å². The van der Waals surface area contributed by atoms with E-state index < -0.39 is 17.9 Å². The Bertz CT molecular complexity index is 1480. The Hall–Kier alpha value is -1.75. The van der Waals surface area contributed by atoms with Crippen LogP contribution in [0, 0.1) is 64.6 Å². The summed E-state index contributed by atoms with van der Waals surface area (Å²) in [6.07, 6.45) is 37.3. The molecule has 0 saturated heterocycles. The van der Waals surface area contributed by atoms with Crippen molar-refractivity contribution in [3.05, 3.63) is 0 Å². The molecule has 0 aromatic rings. The van der Waals surface area contributed by atoms with E-state index >= 15 is 0 Å². The van der Waals surface area contributed by atoms with Gasteiger partial charge in [0.2, 0.25) is 5.91 Å². The number of hydroxylamine groups is 1. The molecule has 0 spiro atoms. The Balaban J connectivity index is 0.684. The summed E-state index contributed by atoms with van der Waals surface area (Å²) in [5.41, 5.74) is 3.69. The first kappa shape index (κ1) is 49.7. The van der Waals surface area contributed by atoms with Gasteiger partial charge in [-0.1, -0.05) is 78.1 Å². The number of amides is 1. The largest absolute Gasteiger partial charge is 0.481 e. The van der Waals surface area contributed by atoms with Gasteiger partial charge < -0.3 is 29.8 Å². The number of aliphatic carboxylic acids is 2. The predicted molar refractivity (Wildman–Crippen MR) is 254 cm³/mol. The summed E-state index contributed by atoms with van der Waals surface area (Å²) in [5, 5.41) is 23.3. The van der Waals surface area contributed by atoms with Gasteiger partial charge in [0.1, 0.15) is 0 Å². The quantitative estimate of drug-likeness (QED) is 0.111. The van der Waals surface area contributed by atoms with Crippen molar-refractivity contribution < 1.29 is 38.9 Å². The summed E-state index contributed by atoms with van der Waals surface area (Å²) in [7, 11) is 0. The second-order valence-electron chi connectivity index (χ2n) is 24.1. The molecule has 370 valence electrons. The molecular formula is C55H92N2O8. The number of hydrogen-bond acceptors (Lipinski definition) is 7. The van der Waals surface area contributed by atoms with Crippen molar-refractivity contribution in [1.29, 1.82) is 0 Å². The highest BCUT2D eigenvalue weighted by molar-refractivity contribution is 5.85. The van der Waals surface area contributed by atoms with Crippen LogP contribution in [0.25, 0.3) is 0 Å². The summed E-state index contributed by atoms with van der Waals surface area (Å²) >= 11 is 0. The second kappa shape index (κ2) is 23.7. The van der Waals surface area contributed by atoms with E-state index in [4.69, 9.17) is 14.3 Å². The summed E-state index contributed by atoms with van der Waals surface area (Å²) < 4.78 is 13.6. The van der Waals surface area contributed by atoms with Gasteiger partial charge in [-0.15, -0.1) is 0 Å². The van der Waals surface area contributed by atoms with Gasteiger partial charge in [-0.2, -0.15) is 5.48 Å². The van der Waals surface area contributed by atoms with Crippen LogP contribution >= 0.6 is 0 Å². The fraction of sp³-hybridized carbons (Fsp3) is 0.945. The molecule has 0 heterocycles. The number of hydrogen-bond donors (Lipinski definition) is 4. The third-order valence-electron chi connectivity index (χ3n) is 20.0. The molecule has 8 aliphatic carbocycles. The minimum absolute atomic E-state index is 0.00549. The lowest BCUT2D eigenvalue weighted by atomic mass is 9.60. The van der Waals surface area contributed by atoms with E-state index in [1.165, 1.54) is 103 Å². The first-order chi connectivity index (χ1) is 31.5. The van der Waals surface area contributed by atoms with Crippen molar-refractivity contribution in [2.24, 2.45) is 64.6 Å². The number of nitrogens with one attached hydrogen (secondary N) is 2. The molecule has 1 amide bonds. The predicted octanol–water partition coefficient (Wildman–Crippen LogP) is 11.8. The van der Waals surface area contributed by atoms with E-state index in [1.807, 2.05) is 0 Å².